The summed E-state index contributed by atoms with van der Waals surface area (Å²) in [6.07, 6.45) is 1.64. The van der Waals surface area contributed by atoms with Crippen LogP contribution in [0.1, 0.15) is 27.2 Å². The van der Waals surface area contributed by atoms with Crippen molar-refractivity contribution in [2.45, 2.75) is 39.3 Å². The average Bonchev–Trinajstić information content (AvgIpc) is 2.38. The molecule has 0 spiro atoms. The Balaban J connectivity index is 2.52. The van der Waals surface area contributed by atoms with Gasteiger partial charge in [0, 0.05) is 12.6 Å². The second-order valence-corrected chi connectivity index (χ2v) is 4.16. The van der Waals surface area contributed by atoms with Gasteiger partial charge in [-0.05, 0) is 25.3 Å². The number of ether oxygens (including phenoxy) is 1. The van der Waals surface area contributed by atoms with Crippen molar-refractivity contribution < 1.29 is 4.74 Å². The highest BCUT2D eigenvalue weighted by Gasteiger charge is 2.32. The molecule has 1 aliphatic rings. The van der Waals surface area contributed by atoms with Crippen LogP contribution in [0.3, 0.4) is 0 Å². The van der Waals surface area contributed by atoms with E-state index in [0.717, 1.165) is 6.61 Å². The van der Waals surface area contributed by atoms with Crippen LogP contribution in [0.5, 0.6) is 0 Å². The molecule has 2 nitrogen and oxygen atoms in total. The van der Waals surface area contributed by atoms with Gasteiger partial charge in [0.05, 0.1) is 6.10 Å². The molecule has 1 aliphatic heterocycles. The molecule has 0 radical (unpaired) electrons. The summed E-state index contributed by atoms with van der Waals surface area (Å²) in [6.45, 7) is 7.71. The monoisotopic (exact) mass is 171 g/mol. The highest BCUT2D eigenvalue weighted by Crippen LogP contribution is 2.25. The zero-order valence-corrected chi connectivity index (χ0v) is 8.63. The van der Waals surface area contributed by atoms with E-state index in [0.29, 0.717) is 24.0 Å². The Morgan fingerprint density at radius 2 is 2.08 bits per heavy atom. The lowest BCUT2D eigenvalue weighted by Crippen LogP contribution is -2.44. The van der Waals surface area contributed by atoms with E-state index in [1.165, 1.54) is 6.42 Å². The second-order valence-electron chi connectivity index (χ2n) is 4.16. The molecule has 72 valence electrons. The zero-order valence-electron chi connectivity index (χ0n) is 8.63. The maximum Gasteiger partial charge on any atom is 0.0756 e. The highest BCUT2D eigenvalue weighted by molar-refractivity contribution is 4.85. The van der Waals surface area contributed by atoms with E-state index in [-0.39, 0.29) is 0 Å². The molecular formula is C10H21NO. The summed E-state index contributed by atoms with van der Waals surface area (Å²) in [5.74, 6) is 1.37. The first-order valence-corrected chi connectivity index (χ1v) is 4.95. The lowest BCUT2D eigenvalue weighted by molar-refractivity contribution is 0.0489. The van der Waals surface area contributed by atoms with E-state index in [1.807, 2.05) is 7.05 Å². The molecule has 3 atom stereocenters. The first-order valence-electron chi connectivity index (χ1n) is 4.95. The standard InChI is InChI=1S/C10H21NO/c1-7(2)9(11-4)10-8(3)5-6-12-10/h7-11H,5-6H2,1-4H3. The van der Waals surface area contributed by atoms with Crippen molar-refractivity contribution in [2.75, 3.05) is 13.7 Å². The molecular weight excluding hydrogens is 150 g/mol. The Bertz CT molecular complexity index is 136. The highest BCUT2D eigenvalue weighted by atomic mass is 16.5. The van der Waals surface area contributed by atoms with Gasteiger partial charge in [-0.3, -0.25) is 0 Å². The van der Waals surface area contributed by atoms with Gasteiger partial charge in [-0.1, -0.05) is 20.8 Å². The lowest BCUT2D eigenvalue weighted by atomic mass is 9.90. The van der Waals surface area contributed by atoms with Crippen LogP contribution in [-0.2, 0) is 4.74 Å². The van der Waals surface area contributed by atoms with Crippen LogP contribution in [0.15, 0.2) is 0 Å². The summed E-state index contributed by atoms with van der Waals surface area (Å²) in [6, 6.07) is 0.516. The Morgan fingerprint density at radius 1 is 1.42 bits per heavy atom. The fourth-order valence-corrected chi connectivity index (χ4v) is 2.05. The minimum atomic E-state index is 0.426. The molecule has 1 saturated heterocycles. The Morgan fingerprint density at radius 3 is 2.42 bits per heavy atom. The van der Waals surface area contributed by atoms with Crippen molar-refractivity contribution in [2.24, 2.45) is 11.8 Å². The summed E-state index contributed by atoms with van der Waals surface area (Å²) in [5, 5.41) is 3.35. The Labute approximate surface area is 75.7 Å². The van der Waals surface area contributed by atoms with Gasteiger partial charge in [-0.15, -0.1) is 0 Å². The third-order valence-corrected chi connectivity index (χ3v) is 2.85. The molecule has 1 heterocycles. The van der Waals surface area contributed by atoms with Gasteiger partial charge in [-0.25, -0.2) is 0 Å². The van der Waals surface area contributed by atoms with Gasteiger partial charge in [0.15, 0.2) is 0 Å². The van der Waals surface area contributed by atoms with Crippen molar-refractivity contribution in [3.63, 3.8) is 0 Å². The van der Waals surface area contributed by atoms with Gasteiger partial charge in [0.1, 0.15) is 0 Å². The fraction of sp³-hybridized carbons (Fsp3) is 1.00. The van der Waals surface area contributed by atoms with Crippen molar-refractivity contribution in [3.8, 4) is 0 Å². The van der Waals surface area contributed by atoms with Crippen LogP contribution in [0, 0.1) is 11.8 Å². The molecule has 0 aliphatic carbocycles. The largest absolute Gasteiger partial charge is 0.376 e. The van der Waals surface area contributed by atoms with Crippen LogP contribution in [0.2, 0.25) is 0 Å². The summed E-state index contributed by atoms with van der Waals surface area (Å²) in [5.41, 5.74) is 0. The van der Waals surface area contributed by atoms with Crippen LogP contribution in [0.25, 0.3) is 0 Å². The minimum Gasteiger partial charge on any atom is -0.376 e. The number of likely N-dealkylation sites (N-methyl/N-ethyl adjacent to an activating group) is 1. The zero-order chi connectivity index (χ0) is 9.14. The van der Waals surface area contributed by atoms with Gasteiger partial charge in [-0.2, -0.15) is 0 Å². The molecule has 0 amide bonds. The van der Waals surface area contributed by atoms with E-state index >= 15 is 0 Å². The quantitative estimate of drug-likeness (QED) is 0.697. The molecule has 12 heavy (non-hydrogen) atoms. The third kappa shape index (κ3) is 1.99. The third-order valence-electron chi connectivity index (χ3n) is 2.85. The summed E-state index contributed by atoms with van der Waals surface area (Å²) >= 11 is 0. The van der Waals surface area contributed by atoms with Gasteiger partial charge in [0.25, 0.3) is 0 Å². The van der Waals surface area contributed by atoms with Gasteiger partial charge < -0.3 is 10.1 Å². The summed E-state index contributed by atoms with van der Waals surface area (Å²) in [4.78, 5) is 0. The van der Waals surface area contributed by atoms with E-state index in [9.17, 15) is 0 Å². The van der Waals surface area contributed by atoms with Crippen molar-refractivity contribution in [1.29, 1.82) is 0 Å². The predicted molar refractivity (Wildman–Crippen MR) is 51.2 cm³/mol. The fourth-order valence-electron chi connectivity index (χ4n) is 2.05. The van der Waals surface area contributed by atoms with E-state index in [1.54, 1.807) is 0 Å². The van der Waals surface area contributed by atoms with Crippen LogP contribution in [0.4, 0.5) is 0 Å². The van der Waals surface area contributed by atoms with Crippen molar-refractivity contribution >= 4 is 0 Å². The first-order chi connectivity index (χ1) is 5.66. The van der Waals surface area contributed by atoms with Gasteiger partial charge in [0.2, 0.25) is 0 Å². The lowest BCUT2D eigenvalue weighted by Gasteiger charge is -2.28. The molecule has 2 heteroatoms. The molecule has 0 bridgehead atoms. The number of hydrogen-bond donors (Lipinski definition) is 1. The average molecular weight is 171 g/mol. The second kappa shape index (κ2) is 4.24. The van der Waals surface area contributed by atoms with Crippen LogP contribution < -0.4 is 5.32 Å². The van der Waals surface area contributed by atoms with Gasteiger partial charge >= 0.3 is 0 Å². The first kappa shape index (κ1) is 10.0. The number of rotatable bonds is 3. The smallest absolute Gasteiger partial charge is 0.0756 e. The summed E-state index contributed by atoms with van der Waals surface area (Å²) in [7, 11) is 2.03. The Kier molecular flexibility index (Phi) is 3.53. The maximum absolute atomic E-state index is 5.72. The van der Waals surface area contributed by atoms with E-state index in [2.05, 4.69) is 26.1 Å². The SMILES string of the molecule is CNC(C(C)C)C1OCCC1C. The predicted octanol–water partition coefficient (Wildman–Crippen LogP) is 1.66. The minimum absolute atomic E-state index is 0.426. The van der Waals surface area contributed by atoms with Crippen molar-refractivity contribution in [3.05, 3.63) is 0 Å². The molecule has 1 rings (SSSR count). The molecule has 1 fully saturated rings. The van der Waals surface area contributed by atoms with Crippen LogP contribution >= 0.6 is 0 Å². The van der Waals surface area contributed by atoms with E-state index in [4.69, 9.17) is 4.74 Å². The Hall–Kier alpha value is -0.0800. The maximum atomic E-state index is 5.72. The molecule has 0 aromatic heterocycles. The topological polar surface area (TPSA) is 21.3 Å². The summed E-state index contributed by atoms with van der Waals surface area (Å²) < 4.78 is 5.72. The molecule has 0 aromatic carbocycles. The number of hydrogen-bond acceptors (Lipinski definition) is 2. The van der Waals surface area contributed by atoms with E-state index < -0.39 is 0 Å². The molecule has 3 unspecified atom stereocenters. The molecule has 1 N–H and O–H groups in total. The molecule has 0 saturated carbocycles. The molecule has 0 aromatic rings. The van der Waals surface area contributed by atoms with Crippen LogP contribution in [-0.4, -0.2) is 25.8 Å². The number of nitrogens with one attached hydrogen (secondary N) is 1. The normalized spacial score (nSPS) is 32.8. The van der Waals surface area contributed by atoms with Crippen molar-refractivity contribution in [1.82, 2.24) is 5.32 Å².